The second kappa shape index (κ2) is 9.87. The summed E-state index contributed by atoms with van der Waals surface area (Å²) in [4.78, 5) is 11.2. The van der Waals surface area contributed by atoms with Crippen LogP contribution in [0.2, 0.25) is 0 Å². The van der Waals surface area contributed by atoms with Gasteiger partial charge in [-0.15, -0.1) is 0 Å². The third-order valence-corrected chi connectivity index (χ3v) is 5.58. The van der Waals surface area contributed by atoms with E-state index in [-0.39, 0.29) is 11.7 Å². The van der Waals surface area contributed by atoms with Crippen LogP contribution in [0.3, 0.4) is 0 Å². The summed E-state index contributed by atoms with van der Waals surface area (Å²) in [6, 6.07) is 12.2. The first-order valence-corrected chi connectivity index (χ1v) is 10.5. The first-order valence-electron chi connectivity index (χ1n) is 10.5. The minimum absolute atomic E-state index is 0.102. The van der Waals surface area contributed by atoms with Gasteiger partial charge in [0.25, 0.3) is 0 Å². The number of carbonyl (C=O) groups excluding carboxylic acids is 1. The van der Waals surface area contributed by atoms with Gasteiger partial charge in [0.15, 0.2) is 0 Å². The van der Waals surface area contributed by atoms with Gasteiger partial charge in [-0.05, 0) is 61.2 Å². The molecule has 0 aliphatic carbocycles. The molecule has 1 heterocycles. The number of rotatable bonds is 7. The van der Waals surface area contributed by atoms with Crippen LogP contribution < -0.4 is 10.1 Å². The maximum absolute atomic E-state index is 11.2. The Morgan fingerprint density at radius 1 is 1.12 bits per heavy atom. The van der Waals surface area contributed by atoms with Gasteiger partial charge in [0.1, 0.15) is 29.8 Å². The van der Waals surface area contributed by atoms with Gasteiger partial charge < -0.3 is 34.8 Å². The van der Waals surface area contributed by atoms with E-state index in [0.29, 0.717) is 18.7 Å². The first-order chi connectivity index (χ1) is 15.1. The molecule has 2 aromatic carbocycles. The van der Waals surface area contributed by atoms with Gasteiger partial charge in [0.2, 0.25) is 12.2 Å². The molecule has 0 aromatic heterocycles. The van der Waals surface area contributed by atoms with E-state index in [1.165, 1.54) is 14.0 Å². The molecule has 0 saturated carbocycles. The fourth-order valence-electron chi connectivity index (χ4n) is 3.97. The lowest BCUT2D eigenvalue weighted by atomic mass is 9.89. The predicted molar refractivity (Wildman–Crippen MR) is 118 cm³/mol. The molecule has 1 amide bonds. The topological polar surface area (TPSA) is 117 Å². The van der Waals surface area contributed by atoms with Gasteiger partial charge in [-0.1, -0.05) is 18.2 Å². The number of nitrogens with one attached hydrogen (secondary N) is 1. The standard InChI is InChI=1S/C24H31NO7/c1-14(26)25-12-11-16-7-10-18(13-19(16)15-5-8-17(27)9-6-15)31-23-21(29)20(28)22(30-4)24(2,3)32-23/h5-10,13,20-23,27-29H,11-12H2,1-4H3,(H,25,26)/t20-,21-,22+,23?/m0/s1. The van der Waals surface area contributed by atoms with Crippen molar-refractivity contribution >= 4 is 5.91 Å². The van der Waals surface area contributed by atoms with E-state index in [9.17, 15) is 20.1 Å². The maximum atomic E-state index is 11.2. The van der Waals surface area contributed by atoms with Crippen LogP contribution in [-0.4, -0.2) is 65.1 Å². The van der Waals surface area contributed by atoms with E-state index < -0.39 is 30.2 Å². The molecule has 8 heteroatoms. The van der Waals surface area contributed by atoms with Crippen molar-refractivity contribution in [2.45, 2.75) is 57.4 Å². The summed E-state index contributed by atoms with van der Waals surface area (Å²) in [5.74, 6) is 0.498. The molecule has 1 aliphatic rings. The molecular weight excluding hydrogens is 414 g/mol. The molecule has 8 nitrogen and oxygen atoms in total. The summed E-state index contributed by atoms with van der Waals surface area (Å²) in [6.45, 7) is 5.47. The number of methoxy groups -OCH3 is 1. The van der Waals surface area contributed by atoms with E-state index in [1.807, 2.05) is 12.1 Å². The minimum atomic E-state index is -1.30. The minimum Gasteiger partial charge on any atom is -0.508 e. The number of aromatic hydroxyl groups is 1. The van der Waals surface area contributed by atoms with Gasteiger partial charge in [-0.25, -0.2) is 0 Å². The van der Waals surface area contributed by atoms with Crippen LogP contribution in [0.5, 0.6) is 11.5 Å². The van der Waals surface area contributed by atoms with Crippen LogP contribution in [0.15, 0.2) is 42.5 Å². The van der Waals surface area contributed by atoms with E-state index in [4.69, 9.17) is 14.2 Å². The molecule has 1 saturated heterocycles. The van der Waals surface area contributed by atoms with Crippen molar-refractivity contribution in [1.82, 2.24) is 5.32 Å². The summed E-state index contributed by atoms with van der Waals surface area (Å²) >= 11 is 0. The van der Waals surface area contributed by atoms with Gasteiger partial charge in [-0.2, -0.15) is 0 Å². The molecule has 0 radical (unpaired) electrons. The van der Waals surface area contributed by atoms with Crippen LogP contribution in [-0.2, 0) is 20.7 Å². The number of aliphatic hydroxyl groups is 2. The fraction of sp³-hybridized carbons (Fsp3) is 0.458. The molecule has 1 aliphatic heterocycles. The predicted octanol–water partition coefficient (Wildman–Crippen LogP) is 1.99. The van der Waals surface area contributed by atoms with Crippen LogP contribution in [0, 0.1) is 0 Å². The van der Waals surface area contributed by atoms with Gasteiger partial charge in [0.05, 0.1) is 5.60 Å². The lowest BCUT2D eigenvalue weighted by molar-refractivity contribution is -0.305. The highest BCUT2D eigenvalue weighted by atomic mass is 16.7. The van der Waals surface area contributed by atoms with Crippen molar-refractivity contribution in [2.24, 2.45) is 0 Å². The van der Waals surface area contributed by atoms with Crippen molar-refractivity contribution in [2.75, 3.05) is 13.7 Å². The zero-order valence-electron chi connectivity index (χ0n) is 18.7. The zero-order chi connectivity index (χ0) is 23.5. The molecule has 0 bridgehead atoms. The number of carbonyl (C=O) groups is 1. The summed E-state index contributed by atoms with van der Waals surface area (Å²) in [5.41, 5.74) is 1.81. The largest absolute Gasteiger partial charge is 0.508 e. The highest BCUT2D eigenvalue weighted by Crippen LogP contribution is 2.34. The molecule has 1 fully saturated rings. The number of hydrogen-bond acceptors (Lipinski definition) is 7. The Hall–Kier alpha value is -2.65. The number of phenols is 1. The Bertz CT molecular complexity index is 928. The third kappa shape index (κ3) is 5.39. The van der Waals surface area contributed by atoms with E-state index >= 15 is 0 Å². The quantitative estimate of drug-likeness (QED) is 0.515. The molecule has 174 valence electrons. The number of hydrogen-bond donors (Lipinski definition) is 4. The molecule has 4 atom stereocenters. The zero-order valence-corrected chi connectivity index (χ0v) is 18.7. The van der Waals surface area contributed by atoms with Crippen LogP contribution in [0.1, 0.15) is 26.3 Å². The van der Waals surface area contributed by atoms with Crippen molar-refractivity contribution in [3.63, 3.8) is 0 Å². The number of aliphatic hydroxyl groups excluding tert-OH is 2. The normalized spacial score (nSPS) is 24.7. The summed E-state index contributed by atoms with van der Waals surface area (Å²) in [7, 11) is 1.45. The van der Waals surface area contributed by atoms with Crippen molar-refractivity contribution in [3.05, 3.63) is 48.0 Å². The molecule has 0 spiro atoms. The Morgan fingerprint density at radius 3 is 2.44 bits per heavy atom. The maximum Gasteiger partial charge on any atom is 0.229 e. The number of benzene rings is 2. The third-order valence-electron chi connectivity index (χ3n) is 5.58. The van der Waals surface area contributed by atoms with Crippen molar-refractivity contribution in [3.8, 4) is 22.6 Å². The smallest absolute Gasteiger partial charge is 0.229 e. The highest BCUT2D eigenvalue weighted by Gasteiger charge is 2.50. The number of amides is 1. The van der Waals surface area contributed by atoms with E-state index in [1.54, 1.807) is 44.2 Å². The van der Waals surface area contributed by atoms with Crippen molar-refractivity contribution < 1.29 is 34.3 Å². The molecule has 4 N–H and O–H groups in total. The second-order valence-corrected chi connectivity index (χ2v) is 8.44. The Morgan fingerprint density at radius 2 is 1.81 bits per heavy atom. The molecule has 32 heavy (non-hydrogen) atoms. The lowest BCUT2D eigenvalue weighted by Crippen LogP contribution is -2.63. The Kier molecular flexibility index (Phi) is 7.40. The lowest BCUT2D eigenvalue weighted by Gasteiger charge is -2.46. The Labute approximate surface area is 187 Å². The summed E-state index contributed by atoms with van der Waals surface area (Å²) < 4.78 is 17.2. The Balaban J connectivity index is 1.88. The van der Waals surface area contributed by atoms with Crippen LogP contribution >= 0.6 is 0 Å². The second-order valence-electron chi connectivity index (χ2n) is 8.44. The number of phenolic OH excluding ortho intramolecular Hbond substituents is 1. The monoisotopic (exact) mass is 445 g/mol. The van der Waals surface area contributed by atoms with Crippen LogP contribution in [0.25, 0.3) is 11.1 Å². The molecule has 2 aromatic rings. The average molecular weight is 446 g/mol. The highest BCUT2D eigenvalue weighted by molar-refractivity contribution is 5.73. The first kappa shape index (κ1) is 24.0. The fourth-order valence-corrected chi connectivity index (χ4v) is 3.97. The number of ether oxygens (including phenoxy) is 3. The average Bonchev–Trinajstić information content (AvgIpc) is 2.73. The van der Waals surface area contributed by atoms with Gasteiger partial charge in [0, 0.05) is 20.6 Å². The summed E-state index contributed by atoms with van der Waals surface area (Å²) in [5, 5.41) is 33.4. The SMILES string of the molecule is CO[C@@H]1[C@@H](O)[C@H](O)C(Oc2ccc(CCNC(C)=O)c(-c3ccc(O)cc3)c2)OC1(C)C. The molecule has 1 unspecified atom stereocenters. The van der Waals surface area contributed by atoms with E-state index in [2.05, 4.69) is 5.32 Å². The van der Waals surface area contributed by atoms with Crippen molar-refractivity contribution in [1.29, 1.82) is 0 Å². The van der Waals surface area contributed by atoms with Gasteiger partial charge in [-0.3, -0.25) is 4.79 Å². The molecule has 3 rings (SSSR count). The molecular formula is C24H31NO7. The van der Waals surface area contributed by atoms with Crippen LogP contribution in [0.4, 0.5) is 0 Å². The van der Waals surface area contributed by atoms with Gasteiger partial charge >= 0.3 is 0 Å². The summed E-state index contributed by atoms with van der Waals surface area (Å²) in [6.07, 6.45) is -3.68. The van der Waals surface area contributed by atoms with E-state index in [0.717, 1.165) is 16.7 Å².